The smallest absolute Gasteiger partial charge is 0.168 e. The molecular formula is C9H11BrClN3. The van der Waals surface area contributed by atoms with E-state index in [1.165, 1.54) is 0 Å². The zero-order chi connectivity index (χ0) is 10.3. The highest BCUT2D eigenvalue weighted by Gasteiger charge is 2.44. The highest BCUT2D eigenvalue weighted by Crippen LogP contribution is 2.38. The molecule has 0 amide bonds. The monoisotopic (exact) mass is 275 g/mol. The van der Waals surface area contributed by atoms with Crippen molar-refractivity contribution in [1.82, 2.24) is 5.01 Å². The second kappa shape index (κ2) is 3.35. The molecule has 5 heteroatoms. The van der Waals surface area contributed by atoms with Crippen LogP contribution < -0.4 is 0 Å². The van der Waals surface area contributed by atoms with Gasteiger partial charge in [-0.3, -0.25) is 4.99 Å². The second-order valence-electron chi connectivity index (χ2n) is 3.50. The fourth-order valence-electron chi connectivity index (χ4n) is 1.58. The van der Waals surface area contributed by atoms with Gasteiger partial charge in [0.25, 0.3) is 0 Å². The molecule has 0 fully saturated rings. The lowest BCUT2D eigenvalue weighted by Gasteiger charge is -2.35. The molecule has 0 aromatic heterocycles. The first kappa shape index (κ1) is 10.2. The van der Waals surface area contributed by atoms with Crippen LogP contribution in [0.25, 0.3) is 0 Å². The molecule has 0 aromatic rings. The van der Waals surface area contributed by atoms with Gasteiger partial charge in [-0.1, -0.05) is 34.5 Å². The minimum Gasteiger partial charge on any atom is -0.258 e. The lowest BCUT2D eigenvalue weighted by Crippen LogP contribution is -2.45. The van der Waals surface area contributed by atoms with Gasteiger partial charge in [-0.15, -0.1) is 0 Å². The number of fused-ring (bicyclic) bond motifs is 1. The maximum Gasteiger partial charge on any atom is 0.168 e. The number of rotatable bonds is 1. The van der Waals surface area contributed by atoms with E-state index in [-0.39, 0.29) is 4.83 Å². The van der Waals surface area contributed by atoms with Gasteiger partial charge in [0.2, 0.25) is 0 Å². The fourth-order valence-corrected chi connectivity index (χ4v) is 2.33. The normalized spacial score (nSPS) is 35.4. The molecule has 2 aliphatic heterocycles. The molecule has 0 bridgehead atoms. The number of aliphatic imine (C=N–C) groups is 1. The minimum absolute atomic E-state index is 0.110. The van der Waals surface area contributed by atoms with E-state index in [0.29, 0.717) is 5.16 Å². The molecule has 76 valence electrons. The summed E-state index contributed by atoms with van der Waals surface area (Å²) in [6, 6.07) is 0. The number of hydrogen-bond donors (Lipinski definition) is 0. The van der Waals surface area contributed by atoms with Gasteiger partial charge in [-0.2, -0.15) is 5.10 Å². The summed E-state index contributed by atoms with van der Waals surface area (Å²) in [7, 11) is 0. The van der Waals surface area contributed by atoms with Crippen molar-refractivity contribution >= 4 is 39.5 Å². The second-order valence-corrected chi connectivity index (χ2v) is 4.87. The predicted octanol–water partition coefficient (Wildman–Crippen LogP) is 2.71. The van der Waals surface area contributed by atoms with E-state index in [1.54, 1.807) is 5.01 Å². The summed E-state index contributed by atoms with van der Waals surface area (Å²) in [5.41, 5.74) is 0.626. The Morgan fingerprint density at radius 3 is 3.07 bits per heavy atom. The maximum atomic E-state index is 6.12. The zero-order valence-electron chi connectivity index (χ0n) is 8.04. The summed E-state index contributed by atoms with van der Waals surface area (Å²) < 4.78 is 0. The highest BCUT2D eigenvalue weighted by atomic mass is 79.9. The Bertz CT molecular complexity index is 350. The van der Waals surface area contributed by atoms with Crippen LogP contribution in [0, 0.1) is 0 Å². The average Bonchev–Trinajstić information content (AvgIpc) is 2.43. The van der Waals surface area contributed by atoms with E-state index in [2.05, 4.69) is 32.9 Å². The van der Waals surface area contributed by atoms with Crippen LogP contribution in [0.4, 0.5) is 0 Å². The van der Waals surface area contributed by atoms with Crippen LogP contribution in [0.5, 0.6) is 0 Å². The zero-order valence-corrected chi connectivity index (χ0v) is 10.4. The molecule has 0 aliphatic carbocycles. The van der Waals surface area contributed by atoms with Crippen molar-refractivity contribution in [3.63, 3.8) is 0 Å². The van der Waals surface area contributed by atoms with Crippen molar-refractivity contribution in [3.05, 3.63) is 11.2 Å². The van der Waals surface area contributed by atoms with Gasteiger partial charge in [0.1, 0.15) is 5.16 Å². The van der Waals surface area contributed by atoms with Gasteiger partial charge >= 0.3 is 0 Å². The summed E-state index contributed by atoms with van der Waals surface area (Å²) in [5, 5.41) is 6.59. The largest absolute Gasteiger partial charge is 0.258 e. The Balaban J connectivity index is 2.43. The van der Waals surface area contributed by atoms with Crippen molar-refractivity contribution in [3.8, 4) is 0 Å². The third kappa shape index (κ3) is 1.32. The predicted molar refractivity (Wildman–Crippen MR) is 63.1 cm³/mol. The van der Waals surface area contributed by atoms with E-state index < -0.39 is 5.66 Å². The third-order valence-corrected chi connectivity index (χ3v) is 3.86. The first-order chi connectivity index (χ1) is 6.58. The molecule has 0 saturated heterocycles. The molecular weight excluding hydrogens is 265 g/mol. The molecule has 3 nitrogen and oxygen atoms in total. The number of nitrogens with zero attached hydrogens (tertiary/aromatic N) is 3. The Morgan fingerprint density at radius 1 is 1.71 bits per heavy atom. The summed E-state index contributed by atoms with van der Waals surface area (Å²) >= 11 is 9.65. The SMILES string of the molecule is CCC1=NC2(C)C(Br)C=NN2C(Cl)=C1. The van der Waals surface area contributed by atoms with E-state index in [1.807, 2.05) is 19.2 Å². The Kier molecular flexibility index (Phi) is 2.43. The van der Waals surface area contributed by atoms with Gasteiger partial charge in [0, 0.05) is 11.9 Å². The lowest BCUT2D eigenvalue weighted by atomic mass is 10.1. The van der Waals surface area contributed by atoms with Crippen molar-refractivity contribution in [1.29, 1.82) is 0 Å². The number of hydrogen-bond acceptors (Lipinski definition) is 3. The van der Waals surface area contributed by atoms with Gasteiger partial charge in [0.15, 0.2) is 5.66 Å². The van der Waals surface area contributed by atoms with Crippen molar-refractivity contribution < 1.29 is 0 Å². The Hall–Kier alpha value is -0.350. The number of hydrazone groups is 1. The topological polar surface area (TPSA) is 28.0 Å². The highest BCUT2D eigenvalue weighted by molar-refractivity contribution is 9.10. The van der Waals surface area contributed by atoms with Crippen LogP contribution in [0.2, 0.25) is 0 Å². The van der Waals surface area contributed by atoms with Crippen molar-refractivity contribution in [2.45, 2.75) is 30.8 Å². The molecule has 0 radical (unpaired) electrons. The molecule has 14 heavy (non-hydrogen) atoms. The molecule has 0 N–H and O–H groups in total. The van der Waals surface area contributed by atoms with Crippen LogP contribution in [0.3, 0.4) is 0 Å². The molecule has 0 saturated carbocycles. The molecule has 2 atom stereocenters. The first-order valence-electron chi connectivity index (χ1n) is 4.52. The maximum absolute atomic E-state index is 6.12. The van der Waals surface area contributed by atoms with Crippen molar-refractivity contribution in [2.75, 3.05) is 0 Å². The molecule has 0 aromatic carbocycles. The Morgan fingerprint density at radius 2 is 2.43 bits per heavy atom. The summed E-state index contributed by atoms with van der Waals surface area (Å²) in [6.07, 6.45) is 4.57. The third-order valence-electron chi connectivity index (χ3n) is 2.48. The van der Waals surface area contributed by atoms with E-state index in [9.17, 15) is 0 Å². The molecule has 0 spiro atoms. The number of alkyl halides is 1. The summed E-state index contributed by atoms with van der Waals surface area (Å²) in [4.78, 5) is 4.75. The summed E-state index contributed by atoms with van der Waals surface area (Å²) in [5.74, 6) is 0. The number of halogens is 2. The number of allylic oxidation sites excluding steroid dienone is 1. The van der Waals surface area contributed by atoms with Crippen LogP contribution in [0.15, 0.2) is 21.3 Å². The van der Waals surface area contributed by atoms with Crippen LogP contribution in [-0.4, -0.2) is 27.4 Å². The van der Waals surface area contributed by atoms with Gasteiger partial charge < -0.3 is 0 Å². The summed E-state index contributed by atoms with van der Waals surface area (Å²) in [6.45, 7) is 4.09. The van der Waals surface area contributed by atoms with Crippen molar-refractivity contribution in [2.24, 2.45) is 10.1 Å². The van der Waals surface area contributed by atoms with E-state index in [0.717, 1.165) is 12.1 Å². The Labute approximate surface area is 96.6 Å². The minimum atomic E-state index is -0.392. The molecule has 2 unspecified atom stereocenters. The van der Waals surface area contributed by atoms with E-state index >= 15 is 0 Å². The average molecular weight is 277 g/mol. The van der Waals surface area contributed by atoms with Crippen LogP contribution in [0.1, 0.15) is 20.3 Å². The molecule has 2 heterocycles. The van der Waals surface area contributed by atoms with Crippen LogP contribution >= 0.6 is 27.5 Å². The molecule has 2 rings (SSSR count). The van der Waals surface area contributed by atoms with Gasteiger partial charge in [-0.05, 0) is 19.4 Å². The lowest BCUT2D eigenvalue weighted by molar-refractivity contribution is 0.207. The quantitative estimate of drug-likeness (QED) is 0.534. The van der Waals surface area contributed by atoms with E-state index in [4.69, 9.17) is 11.6 Å². The molecule has 2 aliphatic rings. The van der Waals surface area contributed by atoms with Gasteiger partial charge in [-0.25, -0.2) is 5.01 Å². The first-order valence-corrected chi connectivity index (χ1v) is 5.81. The standard InChI is InChI=1S/C9H11BrClN3/c1-3-6-4-8(11)14-9(2,13-6)7(10)5-12-14/h4-5,7H,3H2,1-2H3. The van der Waals surface area contributed by atoms with Crippen LogP contribution in [-0.2, 0) is 0 Å². The van der Waals surface area contributed by atoms with Gasteiger partial charge in [0.05, 0.1) is 4.83 Å². The fraction of sp³-hybridized carbons (Fsp3) is 0.556.